The maximum atomic E-state index is 5.65. The van der Waals surface area contributed by atoms with Gasteiger partial charge < -0.3 is 5.73 Å². The van der Waals surface area contributed by atoms with E-state index in [0.29, 0.717) is 0 Å². The van der Waals surface area contributed by atoms with Crippen molar-refractivity contribution >= 4 is 5.69 Å². The minimum atomic E-state index is 0.732. The van der Waals surface area contributed by atoms with E-state index in [1.165, 1.54) is 0 Å². The molecule has 0 unspecified atom stereocenters. The van der Waals surface area contributed by atoms with Crippen LogP contribution in [-0.2, 0) is 7.05 Å². The topological polar surface area (TPSA) is 74.5 Å². The van der Waals surface area contributed by atoms with Gasteiger partial charge in [0, 0.05) is 30.6 Å². The summed E-state index contributed by atoms with van der Waals surface area (Å²) in [6, 6.07) is 9.40. The molecule has 0 amide bonds. The van der Waals surface area contributed by atoms with E-state index in [4.69, 9.17) is 5.73 Å². The zero-order valence-electron chi connectivity index (χ0n) is 9.85. The molecule has 0 bridgehead atoms. The van der Waals surface area contributed by atoms with E-state index in [1.54, 1.807) is 9.36 Å². The van der Waals surface area contributed by atoms with Crippen molar-refractivity contribution in [2.45, 2.75) is 0 Å². The first-order valence-electron chi connectivity index (χ1n) is 5.51. The van der Waals surface area contributed by atoms with Crippen molar-refractivity contribution in [3.63, 3.8) is 0 Å². The van der Waals surface area contributed by atoms with Crippen molar-refractivity contribution in [3.8, 4) is 17.1 Å². The van der Waals surface area contributed by atoms with E-state index < -0.39 is 0 Å². The molecule has 0 saturated carbocycles. The fraction of sp³-hybridized carbons (Fsp3) is 0.0833. The first-order valence-corrected chi connectivity index (χ1v) is 5.51. The van der Waals surface area contributed by atoms with Crippen molar-refractivity contribution in [1.29, 1.82) is 0 Å². The molecule has 0 saturated heterocycles. The Morgan fingerprint density at radius 2 is 1.89 bits per heavy atom. The highest BCUT2D eigenvalue weighted by Gasteiger charge is 2.06. The fourth-order valence-corrected chi connectivity index (χ4v) is 1.69. The average Bonchev–Trinajstić information content (AvgIpc) is 2.98. The number of anilines is 1. The minimum Gasteiger partial charge on any atom is -0.399 e. The molecule has 0 aliphatic heterocycles. The number of rotatable bonds is 2. The highest BCUT2D eigenvalue weighted by molar-refractivity contribution is 5.61. The van der Waals surface area contributed by atoms with Crippen LogP contribution in [0.1, 0.15) is 0 Å². The molecule has 0 atom stereocenters. The van der Waals surface area contributed by atoms with Crippen LogP contribution in [0.15, 0.2) is 42.7 Å². The van der Waals surface area contributed by atoms with Gasteiger partial charge in [0.15, 0.2) is 5.82 Å². The van der Waals surface area contributed by atoms with Crippen molar-refractivity contribution in [1.82, 2.24) is 24.8 Å². The number of aromatic nitrogens is 5. The molecule has 0 aliphatic carbocycles. The Balaban J connectivity index is 1.96. The Morgan fingerprint density at radius 1 is 1.11 bits per heavy atom. The predicted molar refractivity (Wildman–Crippen MR) is 68.0 cm³/mol. The van der Waals surface area contributed by atoms with Crippen molar-refractivity contribution in [2.24, 2.45) is 7.05 Å². The smallest absolute Gasteiger partial charge is 0.176 e. The maximum Gasteiger partial charge on any atom is 0.176 e. The van der Waals surface area contributed by atoms with Crippen molar-refractivity contribution < 1.29 is 0 Å². The Labute approximate surface area is 104 Å². The summed E-state index contributed by atoms with van der Waals surface area (Å²) in [6.45, 7) is 0. The standard InChI is InChI=1S/C12H12N6/c1-17-7-6-12(15-17)18-8-11(14-16-18)9-2-4-10(13)5-3-9/h2-8H,13H2,1H3. The van der Waals surface area contributed by atoms with Crippen LogP contribution < -0.4 is 5.73 Å². The van der Waals surface area contributed by atoms with Gasteiger partial charge in [-0.25, -0.2) is 0 Å². The zero-order valence-corrected chi connectivity index (χ0v) is 9.85. The van der Waals surface area contributed by atoms with Gasteiger partial charge in [0.1, 0.15) is 5.69 Å². The third-order valence-corrected chi connectivity index (χ3v) is 2.63. The van der Waals surface area contributed by atoms with Crippen LogP contribution in [0.4, 0.5) is 5.69 Å². The quantitative estimate of drug-likeness (QED) is 0.684. The van der Waals surface area contributed by atoms with Gasteiger partial charge in [0.25, 0.3) is 0 Å². The molecule has 0 radical (unpaired) electrons. The predicted octanol–water partition coefficient (Wildman–Crippen LogP) is 1.25. The number of nitrogens with two attached hydrogens (primary N) is 1. The van der Waals surface area contributed by atoms with Gasteiger partial charge in [-0.2, -0.15) is 9.78 Å². The molecule has 1 aromatic carbocycles. The van der Waals surface area contributed by atoms with Gasteiger partial charge in [-0.15, -0.1) is 5.10 Å². The Hall–Kier alpha value is -2.63. The number of hydrogen-bond donors (Lipinski definition) is 1. The molecule has 3 aromatic rings. The lowest BCUT2D eigenvalue weighted by molar-refractivity contribution is 0.715. The molecule has 0 fully saturated rings. The van der Waals surface area contributed by atoms with E-state index in [9.17, 15) is 0 Å². The Bertz CT molecular complexity index is 664. The van der Waals surface area contributed by atoms with E-state index in [1.807, 2.05) is 49.8 Å². The Morgan fingerprint density at radius 3 is 2.56 bits per heavy atom. The summed E-state index contributed by atoms with van der Waals surface area (Å²) in [6.07, 6.45) is 3.70. The van der Waals surface area contributed by atoms with Gasteiger partial charge in [-0.3, -0.25) is 4.68 Å². The van der Waals surface area contributed by atoms with Crippen LogP contribution in [0.5, 0.6) is 0 Å². The zero-order chi connectivity index (χ0) is 12.5. The van der Waals surface area contributed by atoms with Crippen molar-refractivity contribution in [2.75, 3.05) is 5.73 Å². The van der Waals surface area contributed by atoms with Crippen LogP contribution in [-0.4, -0.2) is 24.8 Å². The Kier molecular flexibility index (Phi) is 2.33. The lowest BCUT2D eigenvalue weighted by Crippen LogP contribution is -1.97. The van der Waals surface area contributed by atoms with E-state index in [-0.39, 0.29) is 0 Å². The number of benzene rings is 1. The van der Waals surface area contributed by atoms with Crippen molar-refractivity contribution in [3.05, 3.63) is 42.7 Å². The lowest BCUT2D eigenvalue weighted by Gasteiger charge is -1.96. The molecule has 90 valence electrons. The molecule has 6 nitrogen and oxygen atoms in total. The van der Waals surface area contributed by atoms with Gasteiger partial charge in [-0.1, -0.05) is 17.3 Å². The summed E-state index contributed by atoms with van der Waals surface area (Å²) in [4.78, 5) is 0. The highest BCUT2D eigenvalue weighted by atomic mass is 15.5. The summed E-state index contributed by atoms with van der Waals surface area (Å²) in [7, 11) is 1.86. The molecule has 2 N–H and O–H groups in total. The number of nitrogen functional groups attached to an aromatic ring is 1. The minimum absolute atomic E-state index is 0.732. The maximum absolute atomic E-state index is 5.65. The average molecular weight is 240 g/mol. The third kappa shape index (κ3) is 1.84. The van der Waals surface area contributed by atoms with Crippen LogP contribution >= 0.6 is 0 Å². The molecule has 3 rings (SSSR count). The van der Waals surface area contributed by atoms with Crippen LogP contribution in [0.25, 0.3) is 17.1 Å². The first kappa shape index (κ1) is 10.5. The second-order valence-corrected chi connectivity index (χ2v) is 4.02. The second-order valence-electron chi connectivity index (χ2n) is 4.02. The van der Waals surface area contributed by atoms with E-state index in [2.05, 4.69) is 15.4 Å². The van der Waals surface area contributed by atoms with Crippen LogP contribution in [0, 0.1) is 0 Å². The third-order valence-electron chi connectivity index (χ3n) is 2.63. The molecular formula is C12H12N6. The number of nitrogens with zero attached hydrogens (tertiary/aromatic N) is 5. The lowest BCUT2D eigenvalue weighted by atomic mass is 10.1. The molecule has 18 heavy (non-hydrogen) atoms. The van der Waals surface area contributed by atoms with Gasteiger partial charge in [-0.05, 0) is 12.1 Å². The summed E-state index contributed by atoms with van der Waals surface area (Å²) in [5.74, 6) is 0.742. The number of aryl methyl sites for hydroxylation is 1. The summed E-state index contributed by atoms with van der Waals surface area (Å²) in [5.41, 5.74) is 8.15. The van der Waals surface area contributed by atoms with Gasteiger partial charge >= 0.3 is 0 Å². The number of hydrogen-bond acceptors (Lipinski definition) is 4. The fourth-order valence-electron chi connectivity index (χ4n) is 1.69. The molecule has 0 aliphatic rings. The second kappa shape index (κ2) is 3.99. The van der Waals surface area contributed by atoms with Gasteiger partial charge in [0.05, 0.1) is 6.20 Å². The van der Waals surface area contributed by atoms with Gasteiger partial charge in [0.2, 0.25) is 0 Å². The normalized spacial score (nSPS) is 10.7. The summed E-state index contributed by atoms with van der Waals surface area (Å²) >= 11 is 0. The molecular weight excluding hydrogens is 228 g/mol. The molecule has 2 aromatic heterocycles. The van der Waals surface area contributed by atoms with Crippen LogP contribution in [0.3, 0.4) is 0 Å². The summed E-state index contributed by atoms with van der Waals surface area (Å²) in [5, 5.41) is 12.4. The molecule has 6 heteroatoms. The molecule has 2 heterocycles. The SMILES string of the molecule is Cn1ccc(-n2cc(-c3ccc(N)cc3)nn2)n1. The van der Waals surface area contributed by atoms with E-state index >= 15 is 0 Å². The van der Waals surface area contributed by atoms with E-state index in [0.717, 1.165) is 22.8 Å². The summed E-state index contributed by atoms with van der Waals surface area (Å²) < 4.78 is 3.37. The van der Waals surface area contributed by atoms with Crippen LogP contribution in [0.2, 0.25) is 0 Å². The monoisotopic (exact) mass is 240 g/mol. The largest absolute Gasteiger partial charge is 0.399 e. The molecule has 0 spiro atoms. The highest BCUT2D eigenvalue weighted by Crippen LogP contribution is 2.18. The first-order chi connectivity index (χ1) is 8.72.